The topological polar surface area (TPSA) is 30.1 Å². The molecular formula is C52H34N2O. The maximum atomic E-state index is 6.28. The highest BCUT2D eigenvalue weighted by molar-refractivity contribution is 6.11. The monoisotopic (exact) mass is 702 g/mol. The van der Waals surface area contributed by atoms with E-state index in [-0.39, 0.29) is 0 Å². The predicted molar refractivity (Wildman–Crippen MR) is 232 cm³/mol. The molecule has 0 saturated carbocycles. The SMILES string of the molecule is c1ccc(-c2ccc(-c3ccc4c(c3)c3ccccc3n4-c3ccccc3)cc2Nc2cccc3c(-c4ccc5c(c4)oc4ccccc45)cccc23)cc1. The van der Waals surface area contributed by atoms with Gasteiger partial charge in [-0.1, -0.05) is 140 Å². The van der Waals surface area contributed by atoms with Crippen LogP contribution in [0, 0.1) is 0 Å². The van der Waals surface area contributed by atoms with E-state index < -0.39 is 0 Å². The molecule has 2 aromatic heterocycles. The second-order valence-corrected chi connectivity index (χ2v) is 14.2. The molecule has 3 heteroatoms. The van der Waals surface area contributed by atoms with E-state index in [4.69, 9.17) is 4.42 Å². The van der Waals surface area contributed by atoms with Gasteiger partial charge >= 0.3 is 0 Å². The first kappa shape index (κ1) is 31.2. The Kier molecular flexibility index (Phi) is 7.17. The van der Waals surface area contributed by atoms with E-state index in [0.717, 1.165) is 66.6 Å². The van der Waals surface area contributed by atoms with Crippen LogP contribution in [0.25, 0.3) is 93.6 Å². The molecule has 2 heterocycles. The average Bonchev–Trinajstić information content (AvgIpc) is 3.79. The van der Waals surface area contributed by atoms with Crippen molar-refractivity contribution >= 4 is 65.9 Å². The van der Waals surface area contributed by atoms with Crippen LogP contribution in [0.3, 0.4) is 0 Å². The number of hydrogen-bond acceptors (Lipinski definition) is 2. The maximum absolute atomic E-state index is 6.28. The van der Waals surface area contributed by atoms with Crippen LogP contribution >= 0.6 is 0 Å². The van der Waals surface area contributed by atoms with Crippen molar-refractivity contribution in [2.45, 2.75) is 0 Å². The Balaban J connectivity index is 1.03. The standard InChI is InChI=1S/C52H34N2O/c1-3-13-34(14-4-1)40-28-25-36(35-27-30-50-46(31-35)43-17-7-9-23-49(43)54(50)38-15-5-2-6-16-38)32-48(40)53-47-22-12-20-41-39(19-11-21-42(41)47)37-26-29-45-44-18-8-10-24-51(44)55-52(45)33-37/h1-33,53H. The normalized spacial score (nSPS) is 11.6. The van der Waals surface area contributed by atoms with Gasteiger partial charge in [0.05, 0.1) is 11.0 Å². The van der Waals surface area contributed by atoms with Crippen molar-refractivity contribution in [1.82, 2.24) is 4.57 Å². The Labute approximate surface area is 318 Å². The summed E-state index contributed by atoms with van der Waals surface area (Å²) in [5, 5.41) is 11.0. The van der Waals surface area contributed by atoms with Gasteiger partial charge in [-0.2, -0.15) is 0 Å². The van der Waals surface area contributed by atoms with E-state index in [1.54, 1.807) is 0 Å². The van der Waals surface area contributed by atoms with Gasteiger partial charge in [-0.3, -0.25) is 0 Å². The molecule has 11 rings (SSSR count). The highest BCUT2D eigenvalue weighted by Crippen LogP contribution is 2.41. The lowest BCUT2D eigenvalue weighted by atomic mass is 9.95. The quantitative estimate of drug-likeness (QED) is 0.187. The third-order valence-electron chi connectivity index (χ3n) is 11.0. The fourth-order valence-electron chi connectivity index (χ4n) is 8.41. The zero-order valence-electron chi connectivity index (χ0n) is 29.9. The molecule has 0 bridgehead atoms. The molecule has 0 amide bonds. The van der Waals surface area contributed by atoms with E-state index in [0.29, 0.717) is 0 Å². The molecule has 9 aromatic carbocycles. The first-order valence-corrected chi connectivity index (χ1v) is 18.8. The van der Waals surface area contributed by atoms with Crippen molar-refractivity contribution < 1.29 is 4.42 Å². The molecule has 258 valence electrons. The molecule has 0 atom stereocenters. The van der Waals surface area contributed by atoms with Gasteiger partial charge < -0.3 is 14.3 Å². The van der Waals surface area contributed by atoms with Crippen molar-refractivity contribution in [2.24, 2.45) is 0 Å². The summed E-state index contributed by atoms with van der Waals surface area (Å²) in [6.45, 7) is 0. The van der Waals surface area contributed by atoms with E-state index in [1.807, 2.05) is 12.1 Å². The fraction of sp³-hybridized carbons (Fsp3) is 0. The van der Waals surface area contributed by atoms with Gasteiger partial charge in [0.1, 0.15) is 11.2 Å². The highest BCUT2D eigenvalue weighted by atomic mass is 16.3. The van der Waals surface area contributed by atoms with Crippen LogP contribution in [0.1, 0.15) is 0 Å². The van der Waals surface area contributed by atoms with Gasteiger partial charge in [0.25, 0.3) is 0 Å². The lowest BCUT2D eigenvalue weighted by Gasteiger charge is -2.17. The van der Waals surface area contributed by atoms with Crippen LogP contribution in [-0.4, -0.2) is 4.57 Å². The Hall–Kier alpha value is -7.36. The van der Waals surface area contributed by atoms with E-state index in [2.05, 4.69) is 198 Å². The molecule has 0 aliphatic heterocycles. The van der Waals surface area contributed by atoms with Crippen LogP contribution in [0.5, 0.6) is 0 Å². The summed E-state index contributed by atoms with van der Waals surface area (Å²) in [5.41, 5.74) is 14.4. The Bertz CT molecular complexity index is 3230. The average molecular weight is 703 g/mol. The van der Waals surface area contributed by atoms with Crippen molar-refractivity contribution in [3.63, 3.8) is 0 Å². The molecule has 0 saturated heterocycles. The van der Waals surface area contributed by atoms with Crippen LogP contribution in [-0.2, 0) is 0 Å². The number of fused-ring (bicyclic) bond motifs is 7. The zero-order chi connectivity index (χ0) is 36.3. The summed E-state index contributed by atoms with van der Waals surface area (Å²) in [6.07, 6.45) is 0. The third kappa shape index (κ3) is 5.20. The van der Waals surface area contributed by atoms with Crippen LogP contribution < -0.4 is 5.32 Å². The minimum absolute atomic E-state index is 0.900. The number of benzene rings is 9. The van der Waals surface area contributed by atoms with Crippen molar-refractivity contribution in [3.05, 3.63) is 200 Å². The Morgan fingerprint density at radius 2 is 0.982 bits per heavy atom. The van der Waals surface area contributed by atoms with E-state index in [1.165, 1.54) is 38.3 Å². The predicted octanol–water partition coefficient (Wildman–Crippen LogP) is 14.6. The van der Waals surface area contributed by atoms with Crippen LogP contribution in [0.4, 0.5) is 11.4 Å². The molecule has 0 aliphatic carbocycles. The molecule has 0 unspecified atom stereocenters. The highest BCUT2D eigenvalue weighted by Gasteiger charge is 2.16. The van der Waals surface area contributed by atoms with E-state index >= 15 is 0 Å². The number of furan rings is 1. The van der Waals surface area contributed by atoms with Gasteiger partial charge in [-0.05, 0) is 93.9 Å². The number of aromatic nitrogens is 1. The van der Waals surface area contributed by atoms with Crippen LogP contribution in [0.15, 0.2) is 205 Å². The van der Waals surface area contributed by atoms with E-state index in [9.17, 15) is 0 Å². The first-order chi connectivity index (χ1) is 27.3. The van der Waals surface area contributed by atoms with Crippen molar-refractivity contribution in [1.29, 1.82) is 0 Å². The van der Waals surface area contributed by atoms with Gasteiger partial charge in [0, 0.05) is 49.6 Å². The van der Waals surface area contributed by atoms with Crippen LogP contribution in [0.2, 0.25) is 0 Å². The number of rotatable bonds is 6. The number of anilines is 2. The van der Waals surface area contributed by atoms with Gasteiger partial charge in [-0.25, -0.2) is 0 Å². The Morgan fingerprint density at radius 3 is 1.87 bits per heavy atom. The zero-order valence-corrected chi connectivity index (χ0v) is 29.9. The summed E-state index contributed by atoms with van der Waals surface area (Å²) >= 11 is 0. The summed E-state index contributed by atoms with van der Waals surface area (Å²) in [6, 6.07) is 71.6. The lowest BCUT2D eigenvalue weighted by Crippen LogP contribution is -1.96. The second-order valence-electron chi connectivity index (χ2n) is 14.2. The molecular weight excluding hydrogens is 669 g/mol. The number of para-hydroxylation sites is 3. The fourth-order valence-corrected chi connectivity index (χ4v) is 8.41. The number of hydrogen-bond donors (Lipinski definition) is 1. The molecule has 0 radical (unpaired) electrons. The third-order valence-corrected chi connectivity index (χ3v) is 11.0. The molecule has 0 fully saturated rings. The largest absolute Gasteiger partial charge is 0.456 e. The molecule has 0 spiro atoms. The van der Waals surface area contributed by atoms with Crippen molar-refractivity contribution in [2.75, 3.05) is 5.32 Å². The molecule has 0 aliphatic rings. The molecule has 1 N–H and O–H groups in total. The number of nitrogens with zero attached hydrogens (tertiary/aromatic N) is 1. The summed E-state index contributed by atoms with van der Waals surface area (Å²) in [7, 11) is 0. The summed E-state index contributed by atoms with van der Waals surface area (Å²) in [4.78, 5) is 0. The minimum atomic E-state index is 0.900. The maximum Gasteiger partial charge on any atom is 0.136 e. The summed E-state index contributed by atoms with van der Waals surface area (Å²) in [5.74, 6) is 0. The smallest absolute Gasteiger partial charge is 0.136 e. The molecule has 11 aromatic rings. The second kappa shape index (κ2) is 12.6. The van der Waals surface area contributed by atoms with Gasteiger partial charge in [-0.15, -0.1) is 0 Å². The summed E-state index contributed by atoms with van der Waals surface area (Å²) < 4.78 is 8.65. The Morgan fingerprint density at radius 1 is 0.327 bits per heavy atom. The number of nitrogens with one attached hydrogen (secondary N) is 1. The molecule has 55 heavy (non-hydrogen) atoms. The van der Waals surface area contributed by atoms with Gasteiger partial charge in [0.2, 0.25) is 0 Å². The lowest BCUT2D eigenvalue weighted by molar-refractivity contribution is 0.669. The first-order valence-electron chi connectivity index (χ1n) is 18.8. The van der Waals surface area contributed by atoms with Crippen molar-refractivity contribution in [3.8, 4) is 39.1 Å². The minimum Gasteiger partial charge on any atom is -0.456 e. The van der Waals surface area contributed by atoms with Gasteiger partial charge in [0.15, 0.2) is 0 Å². The molecule has 3 nitrogen and oxygen atoms in total.